The van der Waals surface area contributed by atoms with Crippen LogP contribution >= 0.6 is 18.7 Å². The highest BCUT2D eigenvalue weighted by molar-refractivity contribution is 7.70. The summed E-state index contributed by atoms with van der Waals surface area (Å²) < 4.78 is 12.6. The zero-order valence-corrected chi connectivity index (χ0v) is 23.9. The van der Waals surface area contributed by atoms with E-state index < -0.39 is 12.6 Å². The number of hydrogen-bond donors (Lipinski definition) is 3. The Morgan fingerprint density at radius 2 is 1.82 bits per heavy atom. The summed E-state index contributed by atoms with van der Waals surface area (Å²) in [7, 11) is -1.00. The van der Waals surface area contributed by atoms with E-state index in [9.17, 15) is 14.2 Å². The molecule has 2 aromatic carbocycles. The number of nitrogen functional groups attached to an aromatic ring is 1. The molecule has 38 heavy (non-hydrogen) atoms. The number of benzene rings is 2. The highest BCUT2D eigenvalue weighted by Gasteiger charge is 2.52. The van der Waals surface area contributed by atoms with E-state index in [1.807, 2.05) is 42.5 Å². The zero-order valence-electron chi connectivity index (χ0n) is 22.2. The number of carbonyl (C=O) groups is 2. The molecule has 3 aromatic rings. The number of nitrogens with two attached hydrogens (primary N) is 1. The normalized spacial score (nSPS) is 14.7. The quantitative estimate of drug-likeness (QED) is 0.226. The first-order valence-electron chi connectivity index (χ1n) is 12.4. The molecule has 2 heterocycles. The van der Waals surface area contributed by atoms with E-state index in [2.05, 4.69) is 34.4 Å². The number of hydrogen-bond acceptors (Lipinski definition) is 6. The molecule has 0 atom stereocenters. The molecular weight excluding hydrogens is 521 g/mol. The molecule has 0 bridgehead atoms. The van der Waals surface area contributed by atoms with Gasteiger partial charge in [0.15, 0.2) is 0 Å². The number of nitrogens with zero attached hydrogens (tertiary/aromatic N) is 2. The van der Waals surface area contributed by atoms with Crippen LogP contribution in [0.4, 0.5) is 17.1 Å². The van der Waals surface area contributed by atoms with Crippen molar-refractivity contribution in [2.45, 2.75) is 25.2 Å². The minimum Gasteiger partial charge on any atom is -0.398 e. The number of carbonyl (C=O) groups excluding carboxylic acids is 2. The number of nitrogens with one attached hydrogen (secondary N) is 2. The topological polar surface area (TPSA) is 117 Å². The summed E-state index contributed by atoms with van der Waals surface area (Å²) in [6.07, 6.45) is 1.40. The van der Waals surface area contributed by atoms with Crippen LogP contribution in [0.3, 0.4) is 0 Å². The largest absolute Gasteiger partial charge is 0.398 e. The predicted octanol–water partition coefficient (Wildman–Crippen LogP) is 4.44. The fourth-order valence-corrected chi connectivity index (χ4v) is 6.26. The van der Waals surface area contributed by atoms with E-state index in [1.54, 1.807) is 13.3 Å². The van der Waals surface area contributed by atoms with Crippen molar-refractivity contribution >= 4 is 52.9 Å². The zero-order chi connectivity index (χ0) is 27.8. The molecule has 8 nitrogen and oxygen atoms in total. The Labute approximate surface area is 228 Å². The van der Waals surface area contributed by atoms with Gasteiger partial charge in [0.05, 0.1) is 17.4 Å². The highest BCUT2D eigenvalue weighted by Crippen LogP contribution is 2.43. The van der Waals surface area contributed by atoms with Gasteiger partial charge in [-0.05, 0) is 54.6 Å². The molecule has 0 unspecified atom stereocenters. The third kappa shape index (κ3) is 5.16. The van der Waals surface area contributed by atoms with E-state index in [0.29, 0.717) is 24.1 Å². The highest BCUT2D eigenvalue weighted by atomic mass is 35.5. The molecule has 200 valence electrons. The number of amides is 2. The molecule has 1 saturated heterocycles. The summed E-state index contributed by atoms with van der Waals surface area (Å²) in [6, 6.07) is 14.9. The van der Waals surface area contributed by atoms with E-state index >= 15 is 0 Å². The van der Waals surface area contributed by atoms with Crippen molar-refractivity contribution in [2.24, 2.45) is 0 Å². The van der Waals surface area contributed by atoms with Gasteiger partial charge in [-0.2, -0.15) is 0 Å². The Morgan fingerprint density at radius 3 is 2.42 bits per heavy atom. The average molecular weight is 554 g/mol. The number of pyridine rings is 1. The lowest BCUT2D eigenvalue weighted by Gasteiger charge is -2.51. The molecule has 1 aromatic heterocycles. The molecule has 0 saturated carbocycles. The molecule has 10 heteroatoms. The number of aromatic nitrogens is 1. The smallest absolute Gasteiger partial charge is 0.253 e. The van der Waals surface area contributed by atoms with Crippen molar-refractivity contribution in [2.75, 3.05) is 49.4 Å². The second kappa shape index (κ2) is 10.4. The van der Waals surface area contributed by atoms with Gasteiger partial charge in [-0.25, -0.2) is 4.98 Å². The maximum atomic E-state index is 14.1. The van der Waals surface area contributed by atoms with Crippen molar-refractivity contribution in [3.8, 4) is 0 Å². The Hall–Kier alpha value is -3.35. The van der Waals surface area contributed by atoms with Gasteiger partial charge in [0, 0.05) is 36.8 Å². The van der Waals surface area contributed by atoms with Crippen LogP contribution in [-0.2, 0) is 14.8 Å². The van der Waals surface area contributed by atoms with Crippen LogP contribution in [0.1, 0.15) is 41.3 Å². The van der Waals surface area contributed by atoms with Crippen molar-refractivity contribution in [1.29, 1.82) is 0 Å². The molecule has 4 rings (SSSR count). The van der Waals surface area contributed by atoms with Crippen molar-refractivity contribution in [1.82, 2.24) is 10.3 Å². The van der Waals surface area contributed by atoms with Gasteiger partial charge in [-0.1, -0.05) is 49.7 Å². The number of rotatable bonds is 7. The summed E-state index contributed by atoms with van der Waals surface area (Å²) in [5.41, 5.74) is 9.23. The first-order chi connectivity index (χ1) is 17.9. The molecule has 2 amide bonds. The Balaban J connectivity index is 1.73. The fraction of sp³-hybridized carbons (Fsp3) is 0.321. The minimum atomic E-state index is -2.52. The van der Waals surface area contributed by atoms with Crippen LogP contribution in [0.25, 0.3) is 0 Å². The first-order valence-corrected chi connectivity index (χ1v) is 15.3. The third-order valence-electron chi connectivity index (χ3n) is 7.00. The van der Waals surface area contributed by atoms with Crippen molar-refractivity contribution in [3.05, 3.63) is 76.6 Å². The molecule has 0 spiro atoms. The average Bonchev–Trinajstić information content (AvgIpc) is 2.83. The second-order valence-corrected chi connectivity index (χ2v) is 13.9. The summed E-state index contributed by atoms with van der Waals surface area (Å²) in [6.45, 7) is 8.38. The fourth-order valence-electron chi connectivity index (χ4n) is 4.98. The maximum absolute atomic E-state index is 14.1. The lowest BCUT2D eigenvalue weighted by molar-refractivity contribution is -0.122. The lowest BCUT2D eigenvalue weighted by atomic mass is 9.69. The maximum Gasteiger partial charge on any atom is 0.253 e. The van der Waals surface area contributed by atoms with E-state index in [-0.39, 0.29) is 34.1 Å². The Bertz CT molecular complexity index is 1450. The van der Waals surface area contributed by atoms with Crippen LogP contribution in [0.15, 0.2) is 54.7 Å². The lowest BCUT2D eigenvalue weighted by Crippen LogP contribution is -2.65. The van der Waals surface area contributed by atoms with Crippen molar-refractivity contribution < 1.29 is 14.2 Å². The van der Waals surface area contributed by atoms with E-state index in [0.717, 1.165) is 16.8 Å². The van der Waals surface area contributed by atoms with E-state index in [4.69, 9.17) is 17.3 Å². The molecular formula is C28H33ClN5O3P. The first kappa shape index (κ1) is 27.7. The van der Waals surface area contributed by atoms with Gasteiger partial charge in [0.25, 0.3) is 5.91 Å². The molecule has 1 aliphatic rings. The van der Waals surface area contributed by atoms with Crippen LogP contribution in [0, 0.1) is 0 Å². The van der Waals surface area contributed by atoms with Gasteiger partial charge >= 0.3 is 0 Å². The monoisotopic (exact) mass is 553 g/mol. The third-order valence-corrected chi connectivity index (χ3v) is 8.78. The Morgan fingerprint density at radius 1 is 1.13 bits per heavy atom. The summed E-state index contributed by atoms with van der Waals surface area (Å²) in [4.78, 5) is 32.7. The number of halogens is 1. The molecule has 4 N–H and O–H groups in total. The van der Waals surface area contributed by atoms with Gasteiger partial charge in [0.2, 0.25) is 5.91 Å². The Kier molecular flexibility index (Phi) is 7.60. The van der Waals surface area contributed by atoms with Gasteiger partial charge in [-0.15, -0.1) is 0 Å². The second-order valence-electron chi connectivity index (χ2n) is 10.4. The molecule has 0 aliphatic carbocycles. The minimum absolute atomic E-state index is 0.154. The molecule has 0 radical (unpaired) electrons. The van der Waals surface area contributed by atoms with Crippen LogP contribution in [-0.4, -0.2) is 50.3 Å². The summed E-state index contributed by atoms with van der Waals surface area (Å²) >= 11 is 6.03. The summed E-state index contributed by atoms with van der Waals surface area (Å²) in [5.74, 6) is -0.426. The summed E-state index contributed by atoms with van der Waals surface area (Å²) in [5, 5.41) is 6.34. The van der Waals surface area contributed by atoms with Gasteiger partial charge in [-0.3, -0.25) is 9.59 Å². The van der Waals surface area contributed by atoms with Crippen LogP contribution < -0.4 is 26.6 Å². The van der Waals surface area contributed by atoms with Crippen LogP contribution in [0.2, 0.25) is 5.15 Å². The standard InChI is InChI=1S/C28H33ClN5O3P/c1-17(2)19-8-6-7-9-21(19)28(27(36)33-23-14-32-25(29)13-20(23)26(35)31-3)15-34(16-28)18-10-11-24(22(30)12-18)38(4,5)37/h6-14,17H,15-16,30H2,1-5H3,(H,31,35)(H,33,36). The van der Waals surface area contributed by atoms with Crippen LogP contribution in [0.5, 0.6) is 0 Å². The molecule has 1 fully saturated rings. The predicted molar refractivity (Wildman–Crippen MR) is 156 cm³/mol. The molecule has 1 aliphatic heterocycles. The SMILES string of the molecule is CNC(=O)c1cc(Cl)ncc1NC(=O)C1(c2ccccc2C(C)C)CN(c2ccc(P(C)(C)=O)c(N)c2)C1. The van der Waals surface area contributed by atoms with Crippen molar-refractivity contribution in [3.63, 3.8) is 0 Å². The van der Waals surface area contributed by atoms with Gasteiger partial charge < -0.3 is 25.8 Å². The number of anilines is 3. The van der Waals surface area contributed by atoms with E-state index in [1.165, 1.54) is 19.3 Å². The van der Waals surface area contributed by atoms with Gasteiger partial charge in [0.1, 0.15) is 17.7 Å².